The van der Waals surface area contributed by atoms with Crippen LogP contribution in [-0.4, -0.2) is 11.7 Å². The van der Waals surface area contributed by atoms with Gasteiger partial charge in [-0.2, -0.15) is 0 Å². The molecule has 0 spiro atoms. The van der Waals surface area contributed by atoms with Gasteiger partial charge in [0.15, 0.2) is 5.78 Å². The number of hydrogen-bond acceptors (Lipinski definition) is 1. The van der Waals surface area contributed by atoms with E-state index in [4.69, 9.17) is 23.2 Å². The molecule has 1 aromatic rings. The molecule has 1 rings (SSSR count). The van der Waals surface area contributed by atoms with Gasteiger partial charge < -0.3 is 0 Å². The summed E-state index contributed by atoms with van der Waals surface area (Å²) in [6.45, 7) is 0. The van der Waals surface area contributed by atoms with Crippen LogP contribution in [0.5, 0.6) is 0 Å². The zero-order chi connectivity index (χ0) is 11.3. The summed E-state index contributed by atoms with van der Waals surface area (Å²) in [5.74, 6) is -0.233. The Morgan fingerprint density at radius 3 is 2.67 bits per heavy atom. The zero-order valence-electron chi connectivity index (χ0n) is 8.10. The van der Waals surface area contributed by atoms with Crippen molar-refractivity contribution in [2.45, 2.75) is 19.3 Å². The molecule has 0 saturated heterocycles. The molecule has 0 aliphatic carbocycles. The molecule has 0 saturated carbocycles. The summed E-state index contributed by atoms with van der Waals surface area (Å²) in [6.07, 6.45) is 1.78. The maximum atomic E-state index is 13.3. The van der Waals surface area contributed by atoms with Gasteiger partial charge in [0.05, 0.1) is 5.56 Å². The molecule has 1 aromatic carbocycles. The van der Waals surface area contributed by atoms with E-state index in [2.05, 4.69) is 0 Å². The number of hydrogen-bond donors (Lipinski definition) is 0. The van der Waals surface area contributed by atoms with Crippen LogP contribution in [0, 0.1) is 5.82 Å². The first-order chi connectivity index (χ1) is 7.15. The Kier molecular flexibility index (Phi) is 5.06. The van der Waals surface area contributed by atoms with Crippen molar-refractivity contribution in [2.75, 3.05) is 5.88 Å². The molecule has 0 unspecified atom stereocenters. The summed E-state index contributed by atoms with van der Waals surface area (Å²) in [7, 11) is 0. The van der Waals surface area contributed by atoms with Gasteiger partial charge in [-0.15, -0.1) is 11.6 Å². The lowest BCUT2D eigenvalue weighted by Gasteiger charge is -2.02. The van der Waals surface area contributed by atoms with Crippen LogP contribution >= 0.6 is 23.2 Å². The van der Waals surface area contributed by atoms with Gasteiger partial charge in [0, 0.05) is 17.3 Å². The van der Waals surface area contributed by atoms with E-state index in [9.17, 15) is 9.18 Å². The second-order valence-corrected chi connectivity index (χ2v) is 4.01. The fourth-order valence-electron chi connectivity index (χ4n) is 1.23. The molecule has 0 amide bonds. The maximum Gasteiger partial charge on any atom is 0.165 e. The lowest BCUT2D eigenvalue weighted by atomic mass is 10.1. The lowest BCUT2D eigenvalue weighted by Crippen LogP contribution is -2.02. The van der Waals surface area contributed by atoms with Gasteiger partial charge in [0.1, 0.15) is 5.82 Å². The predicted octanol–water partition coefficient (Wildman–Crippen LogP) is 4.07. The maximum absolute atomic E-state index is 13.3. The highest BCUT2D eigenvalue weighted by molar-refractivity contribution is 6.30. The molecular formula is C11H11Cl2FO. The van der Waals surface area contributed by atoms with E-state index in [0.29, 0.717) is 23.7 Å². The molecule has 0 aromatic heterocycles. The van der Waals surface area contributed by atoms with E-state index in [1.54, 1.807) is 0 Å². The van der Waals surface area contributed by atoms with Gasteiger partial charge in [0.2, 0.25) is 0 Å². The average molecular weight is 249 g/mol. The Morgan fingerprint density at radius 1 is 1.33 bits per heavy atom. The van der Waals surface area contributed by atoms with Crippen molar-refractivity contribution in [1.29, 1.82) is 0 Å². The molecule has 0 radical (unpaired) electrons. The summed E-state index contributed by atoms with van der Waals surface area (Å²) in [6, 6.07) is 4.08. The number of alkyl halides is 1. The third kappa shape index (κ3) is 3.80. The first-order valence-electron chi connectivity index (χ1n) is 4.69. The molecule has 0 aliphatic rings. The summed E-state index contributed by atoms with van der Waals surface area (Å²) in [4.78, 5) is 11.5. The number of halogens is 3. The van der Waals surface area contributed by atoms with Gasteiger partial charge in [-0.05, 0) is 31.0 Å². The van der Waals surface area contributed by atoms with Gasteiger partial charge in [-0.3, -0.25) is 4.79 Å². The molecular weight excluding hydrogens is 238 g/mol. The number of benzene rings is 1. The van der Waals surface area contributed by atoms with Crippen LogP contribution in [-0.2, 0) is 0 Å². The van der Waals surface area contributed by atoms with Gasteiger partial charge in [-0.25, -0.2) is 4.39 Å². The summed E-state index contributed by atoms with van der Waals surface area (Å²) < 4.78 is 13.3. The smallest absolute Gasteiger partial charge is 0.165 e. The van der Waals surface area contributed by atoms with Crippen molar-refractivity contribution in [3.05, 3.63) is 34.6 Å². The Hall–Kier alpha value is -0.600. The first kappa shape index (κ1) is 12.5. The van der Waals surface area contributed by atoms with Gasteiger partial charge in [0.25, 0.3) is 0 Å². The van der Waals surface area contributed by atoms with E-state index < -0.39 is 5.82 Å². The number of unbranched alkanes of at least 4 members (excludes halogenated alkanes) is 1. The van der Waals surface area contributed by atoms with E-state index >= 15 is 0 Å². The third-order valence-electron chi connectivity index (χ3n) is 2.02. The molecule has 0 fully saturated rings. The van der Waals surface area contributed by atoms with E-state index in [-0.39, 0.29) is 11.3 Å². The molecule has 15 heavy (non-hydrogen) atoms. The number of rotatable bonds is 5. The first-order valence-corrected chi connectivity index (χ1v) is 5.60. The number of carbonyl (C=O) groups is 1. The fraction of sp³-hybridized carbons (Fsp3) is 0.364. The van der Waals surface area contributed by atoms with E-state index in [1.807, 2.05) is 0 Å². The molecule has 0 atom stereocenters. The fourth-order valence-corrected chi connectivity index (χ4v) is 1.58. The molecule has 82 valence electrons. The van der Waals surface area contributed by atoms with Crippen LogP contribution in [0.1, 0.15) is 29.6 Å². The highest BCUT2D eigenvalue weighted by atomic mass is 35.5. The van der Waals surface area contributed by atoms with Crippen LogP contribution in [0.3, 0.4) is 0 Å². The zero-order valence-corrected chi connectivity index (χ0v) is 9.61. The molecule has 1 nitrogen and oxygen atoms in total. The van der Waals surface area contributed by atoms with Crippen LogP contribution in [0.2, 0.25) is 5.02 Å². The van der Waals surface area contributed by atoms with Gasteiger partial charge in [-0.1, -0.05) is 11.6 Å². The Labute approximate surface area is 98.2 Å². The quantitative estimate of drug-likeness (QED) is 0.436. The van der Waals surface area contributed by atoms with Crippen LogP contribution in [0.4, 0.5) is 4.39 Å². The normalized spacial score (nSPS) is 10.3. The van der Waals surface area contributed by atoms with Crippen molar-refractivity contribution < 1.29 is 9.18 Å². The van der Waals surface area contributed by atoms with Crippen LogP contribution in [0.15, 0.2) is 18.2 Å². The van der Waals surface area contributed by atoms with Crippen LogP contribution in [0.25, 0.3) is 0 Å². The highest BCUT2D eigenvalue weighted by Gasteiger charge is 2.11. The standard InChI is InChI=1S/C11H11Cl2FO/c12-6-2-1-3-11(15)9-5-4-8(13)7-10(9)14/h4-5,7H,1-3,6H2. The molecule has 0 heterocycles. The minimum Gasteiger partial charge on any atom is -0.294 e. The van der Waals surface area contributed by atoms with E-state index in [0.717, 1.165) is 12.5 Å². The molecule has 4 heteroatoms. The second-order valence-electron chi connectivity index (χ2n) is 3.19. The van der Waals surface area contributed by atoms with Crippen molar-refractivity contribution in [2.24, 2.45) is 0 Å². The number of ketones is 1. The SMILES string of the molecule is O=C(CCCCCl)c1ccc(Cl)cc1F. The molecule has 0 bridgehead atoms. The molecule has 0 N–H and O–H groups in total. The minimum absolute atomic E-state index is 0.106. The monoisotopic (exact) mass is 248 g/mol. The summed E-state index contributed by atoms with van der Waals surface area (Å²) in [5.41, 5.74) is 0.106. The summed E-state index contributed by atoms with van der Waals surface area (Å²) in [5, 5.41) is 0.296. The Bertz CT molecular complexity index is 352. The molecule has 0 aliphatic heterocycles. The average Bonchev–Trinajstić information content (AvgIpc) is 2.17. The summed E-state index contributed by atoms with van der Waals surface area (Å²) >= 11 is 11.1. The van der Waals surface area contributed by atoms with Crippen molar-refractivity contribution in [1.82, 2.24) is 0 Å². The predicted molar refractivity (Wildman–Crippen MR) is 60.3 cm³/mol. The second kappa shape index (κ2) is 6.09. The number of Topliss-reactive ketones (excluding diaryl/α,β-unsaturated/α-hetero) is 1. The Balaban J connectivity index is 2.65. The highest BCUT2D eigenvalue weighted by Crippen LogP contribution is 2.16. The van der Waals surface area contributed by atoms with Crippen molar-refractivity contribution in [3.8, 4) is 0 Å². The third-order valence-corrected chi connectivity index (χ3v) is 2.52. The minimum atomic E-state index is -0.557. The van der Waals surface area contributed by atoms with Crippen molar-refractivity contribution >= 4 is 29.0 Å². The van der Waals surface area contributed by atoms with Gasteiger partial charge >= 0.3 is 0 Å². The van der Waals surface area contributed by atoms with E-state index in [1.165, 1.54) is 12.1 Å². The number of carbonyl (C=O) groups excluding carboxylic acids is 1. The van der Waals surface area contributed by atoms with Crippen LogP contribution < -0.4 is 0 Å². The largest absolute Gasteiger partial charge is 0.294 e. The topological polar surface area (TPSA) is 17.1 Å². The van der Waals surface area contributed by atoms with Crippen molar-refractivity contribution in [3.63, 3.8) is 0 Å². The Morgan fingerprint density at radius 2 is 2.07 bits per heavy atom. The lowest BCUT2D eigenvalue weighted by molar-refractivity contribution is 0.0976.